The van der Waals surface area contributed by atoms with Crippen molar-refractivity contribution in [2.45, 2.75) is 77.4 Å². The van der Waals surface area contributed by atoms with E-state index in [1.165, 1.54) is 0 Å². The molecular weight excluding hydrogens is 889 g/mol. The van der Waals surface area contributed by atoms with Crippen molar-refractivity contribution in [2.75, 3.05) is 9.80 Å². The van der Waals surface area contributed by atoms with Gasteiger partial charge in [0, 0.05) is 22.2 Å². The summed E-state index contributed by atoms with van der Waals surface area (Å²) in [6.07, 6.45) is 0. The lowest BCUT2D eigenvalue weighted by Gasteiger charge is -2.47. The van der Waals surface area contributed by atoms with Crippen molar-refractivity contribution in [3.63, 3.8) is 0 Å². The number of nitriles is 1. The lowest BCUT2D eigenvalue weighted by molar-refractivity contribution is -0.105. The van der Waals surface area contributed by atoms with Gasteiger partial charge < -0.3 is 14.5 Å². The fourth-order valence-electron chi connectivity index (χ4n) is 12.5. The van der Waals surface area contributed by atoms with Gasteiger partial charge in [-0.15, -0.1) is 0 Å². The minimum absolute atomic E-state index is 0.463. The van der Waals surface area contributed by atoms with Crippen LogP contribution in [0, 0.1) is 17.9 Å². The number of benzene rings is 9. The molecule has 354 valence electrons. The van der Waals surface area contributed by atoms with Crippen LogP contribution in [0.3, 0.4) is 0 Å². The summed E-state index contributed by atoms with van der Waals surface area (Å²) in [4.78, 5) is 9.30. The highest BCUT2D eigenvalue weighted by molar-refractivity contribution is 6.06. The van der Waals surface area contributed by atoms with E-state index in [4.69, 9.17) is 4.74 Å². The van der Waals surface area contributed by atoms with Crippen LogP contribution < -0.4 is 9.80 Å². The average Bonchev–Trinajstić information content (AvgIpc) is 3.61. The first-order valence-corrected chi connectivity index (χ1v) is 25.3. The zero-order valence-corrected chi connectivity index (χ0v) is 42.7. The Morgan fingerprint density at radius 3 is 1.00 bits per heavy atom. The summed E-state index contributed by atoms with van der Waals surface area (Å²) in [5, 5.41) is 12.2. The first-order chi connectivity index (χ1) is 35.1. The van der Waals surface area contributed by atoms with Crippen LogP contribution >= 0.6 is 0 Å². The number of anilines is 6. The van der Waals surface area contributed by atoms with Crippen molar-refractivity contribution in [1.29, 1.82) is 5.26 Å². The number of hydrogen-bond acceptors (Lipinski definition) is 4. The van der Waals surface area contributed by atoms with Crippen LogP contribution in [-0.2, 0) is 26.8 Å². The predicted octanol–water partition coefficient (Wildman–Crippen LogP) is 18.5. The van der Waals surface area contributed by atoms with Gasteiger partial charge in [-0.3, -0.25) is 0 Å². The van der Waals surface area contributed by atoms with Gasteiger partial charge in [0.2, 0.25) is 5.69 Å². The summed E-state index contributed by atoms with van der Waals surface area (Å²) < 4.78 is 7.05. The predicted molar refractivity (Wildman–Crippen MR) is 300 cm³/mol. The highest BCUT2D eigenvalue weighted by Crippen LogP contribution is 2.66. The van der Waals surface area contributed by atoms with Crippen LogP contribution in [0.4, 0.5) is 39.8 Å². The normalized spacial score (nSPS) is 16.0. The molecule has 0 atom stereocenters. The van der Waals surface area contributed by atoms with E-state index >= 15 is 0 Å². The lowest BCUT2D eigenvalue weighted by atomic mass is 9.71. The van der Waals surface area contributed by atoms with Crippen LogP contribution in [0.2, 0.25) is 0 Å². The molecular formula is C68H56N4O. The molecule has 0 aromatic heterocycles. The number of hydrogen-bond donors (Lipinski definition) is 0. The van der Waals surface area contributed by atoms with Crippen LogP contribution in [0.15, 0.2) is 194 Å². The molecule has 3 aliphatic rings. The summed E-state index contributed by atoms with van der Waals surface area (Å²) >= 11 is 0. The highest BCUT2D eigenvalue weighted by Gasteiger charge is 2.52. The van der Waals surface area contributed by atoms with E-state index in [-0.39, 0.29) is 0 Å². The molecule has 0 saturated heterocycles. The molecule has 0 bridgehead atoms. The molecule has 9 aromatic carbocycles. The monoisotopic (exact) mass is 944 g/mol. The molecule has 0 N–H and O–H groups in total. The van der Waals surface area contributed by atoms with Crippen molar-refractivity contribution in [1.82, 2.24) is 0 Å². The maximum atomic E-state index is 12.2. The fourth-order valence-corrected chi connectivity index (χ4v) is 12.5. The van der Waals surface area contributed by atoms with Crippen molar-refractivity contribution >= 4 is 39.8 Å². The maximum absolute atomic E-state index is 12.2. The molecule has 9 aromatic rings. The smallest absolute Gasteiger partial charge is 0.219 e. The second-order valence-corrected chi connectivity index (χ2v) is 21.8. The molecule has 0 saturated carbocycles. The van der Waals surface area contributed by atoms with E-state index in [1.807, 2.05) is 27.7 Å². The summed E-state index contributed by atoms with van der Waals surface area (Å²) in [6.45, 7) is 26.9. The Balaban J connectivity index is 1.24. The van der Waals surface area contributed by atoms with Gasteiger partial charge in [-0.1, -0.05) is 173 Å². The molecule has 0 amide bonds. The van der Waals surface area contributed by atoms with Gasteiger partial charge in [0.25, 0.3) is 0 Å². The van der Waals surface area contributed by atoms with Crippen molar-refractivity contribution in [3.05, 3.63) is 244 Å². The Bertz CT molecular complexity index is 3350. The lowest BCUT2D eigenvalue weighted by Crippen LogP contribution is -2.34. The third kappa shape index (κ3) is 6.98. The molecule has 3 aliphatic heterocycles. The zero-order chi connectivity index (χ0) is 50.6. The van der Waals surface area contributed by atoms with Crippen LogP contribution in [0.1, 0.15) is 94.3 Å². The number of rotatable bonds is 6. The second-order valence-electron chi connectivity index (χ2n) is 21.8. The molecule has 0 unspecified atom stereocenters. The van der Waals surface area contributed by atoms with Gasteiger partial charge in [-0.05, 0) is 154 Å². The first kappa shape index (κ1) is 45.6. The molecule has 0 spiro atoms. The van der Waals surface area contributed by atoms with E-state index in [0.717, 1.165) is 101 Å². The topological polar surface area (TPSA) is 43.9 Å². The molecule has 12 rings (SSSR count). The van der Waals surface area contributed by atoms with Gasteiger partial charge >= 0.3 is 0 Å². The largest absolute Gasteiger partial charge is 0.362 e. The third-order valence-electron chi connectivity index (χ3n) is 15.9. The van der Waals surface area contributed by atoms with Gasteiger partial charge in [0.15, 0.2) is 0 Å². The molecule has 5 nitrogen and oxygen atoms in total. The zero-order valence-electron chi connectivity index (χ0n) is 42.7. The number of ether oxygens (including phenoxy) is 1. The van der Waals surface area contributed by atoms with Gasteiger partial charge in [0.05, 0.1) is 46.1 Å². The maximum Gasteiger partial charge on any atom is 0.219 e. The van der Waals surface area contributed by atoms with Crippen molar-refractivity contribution in [2.24, 2.45) is 0 Å². The van der Waals surface area contributed by atoms with Gasteiger partial charge in [-0.25, -0.2) is 4.85 Å². The Morgan fingerprint density at radius 1 is 0.397 bits per heavy atom. The Labute approximate surface area is 430 Å². The molecule has 3 heterocycles. The van der Waals surface area contributed by atoms with Crippen molar-refractivity contribution < 1.29 is 4.74 Å². The Morgan fingerprint density at radius 2 is 0.699 bits per heavy atom. The van der Waals surface area contributed by atoms with Crippen LogP contribution in [0.25, 0.3) is 49.4 Å². The molecule has 0 fully saturated rings. The Kier molecular flexibility index (Phi) is 10.3. The van der Waals surface area contributed by atoms with Crippen molar-refractivity contribution in [3.8, 4) is 50.6 Å². The first-order valence-electron chi connectivity index (χ1n) is 25.3. The van der Waals surface area contributed by atoms with E-state index in [2.05, 4.69) is 243 Å². The summed E-state index contributed by atoms with van der Waals surface area (Å²) in [5.74, 6) is 0. The Hall–Kier alpha value is -8.48. The minimum Gasteiger partial charge on any atom is -0.362 e. The second kappa shape index (κ2) is 16.5. The third-order valence-corrected chi connectivity index (χ3v) is 15.9. The molecule has 0 aliphatic carbocycles. The van der Waals surface area contributed by atoms with E-state index < -0.39 is 22.0 Å². The average molecular weight is 945 g/mol. The molecule has 5 heteroatoms. The fraction of sp³-hybridized carbons (Fsp3) is 0.176. The standard InChI is InChI=1S/C68H56N4O/c1-65(2)52-38-47(43-22-14-10-15-23-43)30-34-56(52)71(57-35-31-48(39-53(57)65)44-24-16-11-17-25-44)63-51(42-69)60-61(68(7,8)73-67(60,5)6)62(70-9)64(63)72-58-36-32-49(45-26-18-12-19-27-45)40-54(58)66(3,4)55-41-50(33-37-59(55)72)46-28-20-13-21-29-46/h10-41H,1-8H3. The summed E-state index contributed by atoms with van der Waals surface area (Å²) in [7, 11) is 0. The van der Waals surface area contributed by atoms with Crippen LogP contribution in [0.5, 0.6) is 0 Å². The van der Waals surface area contributed by atoms with Gasteiger partial charge in [0.1, 0.15) is 6.07 Å². The SMILES string of the molecule is [C-]#[N+]c1c(N2c3ccc(-c4ccccc4)cc3C(C)(C)c3cc(-c4ccccc4)ccc32)c(N2c3ccc(-c4ccccc4)cc3C(C)(C)c3cc(-c4ccccc4)ccc32)c(C#N)c2c1C(C)(C)OC2(C)C. The quantitative estimate of drug-likeness (QED) is 0.156. The van der Waals surface area contributed by atoms with E-state index in [0.29, 0.717) is 22.6 Å². The molecule has 0 radical (unpaired) electrons. The number of fused-ring (bicyclic) bond motifs is 5. The van der Waals surface area contributed by atoms with E-state index in [9.17, 15) is 11.8 Å². The van der Waals surface area contributed by atoms with Gasteiger partial charge in [-0.2, -0.15) is 5.26 Å². The summed E-state index contributed by atoms with van der Waals surface area (Å²) in [5.41, 5.74) is 18.1. The minimum atomic E-state index is -0.916. The number of nitrogens with zero attached hydrogens (tertiary/aromatic N) is 4. The summed E-state index contributed by atoms with van der Waals surface area (Å²) in [6, 6.07) is 72.1. The van der Waals surface area contributed by atoms with E-state index in [1.54, 1.807) is 0 Å². The highest BCUT2D eigenvalue weighted by atomic mass is 16.5. The van der Waals surface area contributed by atoms with Crippen LogP contribution in [-0.4, -0.2) is 0 Å². The molecule has 73 heavy (non-hydrogen) atoms.